The first-order chi connectivity index (χ1) is 9.00. The van der Waals surface area contributed by atoms with Crippen LogP contribution in [0.15, 0.2) is 24.3 Å². The molecule has 0 bridgehead atoms. The van der Waals surface area contributed by atoms with Crippen molar-refractivity contribution in [2.45, 2.75) is 0 Å². The van der Waals surface area contributed by atoms with E-state index in [-0.39, 0.29) is 11.6 Å². The molecule has 0 aliphatic heterocycles. The zero-order chi connectivity index (χ0) is 14.0. The van der Waals surface area contributed by atoms with Gasteiger partial charge in [-0.15, -0.1) is 0 Å². The summed E-state index contributed by atoms with van der Waals surface area (Å²) in [4.78, 5) is 24.6. The van der Waals surface area contributed by atoms with Crippen LogP contribution >= 0.6 is 0 Å². The summed E-state index contributed by atoms with van der Waals surface area (Å²) in [7, 11) is 3.33. The molecule has 3 N–H and O–H groups in total. The van der Waals surface area contributed by atoms with Crippen molar-refractivity contribution in [3.8, 4) is 11.3 Å². The fourth-order valence-electron chi connectivity index (χ4n) is 1.66. The van der Waals surface area contributed by atoms with Gasteiger partial charge in [0.25, 0.3) is 11.8 Å². The third-order valence-electron chi connectivity index (χ3n) is 2.57. The first-order valence-electron chi connectivity index (χ1n) is 5.53. The predicted molar refractivity (Wildman–Crippen MR) is 68.4 cm³/mol. The van der Waals surface area contributed by atoms with Gasteiger partial charge in [-0.1, -0.05) is 12.1 Å². The number of carbonyl (C=O) groups is 2. The van der Waals surface area contributed by atoms with Crippen molar-refractivity contribution >= 4 is 11.8 Å². The molecule has 0 saturated heterocycles. The molecule has 2 rings (SSSR count). The van der Waals surface area contributed by atoms with Gasteiger partial charge in [0.2, 0.25) is 0 Å². The standard InChI is InChI=1S/C12H13N5O2/c1-17(2)12(19)8-5-3-4-7(6-8)9-10(11(13)18)15-16-14-9/h3-6H,1-2H3,(H2,13,18)(H,14,15,16). The molecule has 0 radical (unpaired) electrons. The minimum Gasteiger partial charge on any atom is -0.364 e. The Morgan fingerprint density at radius 2 is 2.00 bits per heavy atom. The normalized spacial score (nSPS) is 10.2. The van der Waals surface area contributed by atoms with Gasteiger partial charge in [-0.05, 0) is 12.1 Å². The van der Waals surface area contributed by atoms with E-state index in [4.69, 9.17) is 5.73 Å². The Kier molecular flexibility index (Phi) is 3.28. The predicted octanol–water partition coefficient (Wildman–Crippen LogP) is 0.272. The van der Waals surface area contributed by atoms with E-state index in [0.717, 1.165) is 0 Å². The number of nitrogens with one attached hydrogen (secondary N) is 1. The lowest BCUT2D eigenvalue weighted by molar-refractivity contribution is 0.0827. The highest BCUT2D eigenvalue weighted by molar-refractivity contribution is 5.98. The summed E-state index contributed by atoms with van der Waals surface area (Å²) < 4.78 is 0. The van der Waals surface area contributed by atoms with Crippen LogP contribution in [-0.4, -0.2) is 46.2 Å². The minimum atomic E-state index is -0.673. The molecule has 0 saturated carbocycles. The van der Waals surface area contributed by atoms with Gasteiger partial charge in [-0.3, -0.25) is 9.59 Å². The Morgan fingerprint density at radius 3 is 2.63 bits per heavy atom. The number of H-pyrrole nitrogens is 1. The highest BCUT2D eigenvalue weighted by atomic mass is 16.2. The fourth-order valence-corrected chi connectivity index (χ4v) is 1.66. The molecule has 0 aliphatic carbocycles. The van der Waals surface area contributed by atoms with Gasteiger partial charge in [0.1, 0.15) is 5.69 Å². The van der Waals surface area contributed by atoms with Crippen LogP contribution in [0, 0.1) is 0 Å². The van der Waals surface area contributed by atoms with Crippen molar-refractivity contribution in [2.75, 3.05) is 14.1 Å². The molecule has 0 aliphatic rings. The van der Waals surface area contributed by atoms with E-state index in [1.54, 1.807) is 38.4 Å². The molecule has 7 heteroatoms. The Hall–Kier alpha value is -2.70. The monoisotopic (exact) mass is 259 g/mol. The van der Waals surface area contributed by atoms with E-state index in [1.807, 2.05) is 0 Å². The van der Waals surface area contributed by atoms with Crippen LogP contribution in [0.25, 0.3) is 11.3 Å². The average molecular weight is 259 g/mol. The highest BCUT2D eigenvalue weighted by Crippen LogP contribution is 2.20. The number of nitrogens with two attached hydrogens (primary N) is 1. The van der Waals surface area contributed by atoms with E-state index in [0.29, 0.717) is 16.8 Å². The summed E-state index contributed by atoms with van der Waals surface area (Å²) in [6.07, 6.45) is 0. The van der Waals surface area contributed by atoms with Crippen molar-refractivity contribution in [3.63, 3.8) is 0 Å². The third-order valence-corrected chi connectivity index (χ3v) is 2.57. The summed E-state index contributed by atoms with van der Waals surface area (Å²) >= 11 is 0. The molecular formula is C12H13N5O2. The van der Waals surface area contributed by atoms with Gasteiger partial charge >= 0.3 is 0 Å². The largest absolute Gasteiger partial charge is 0.364 e. The highest BCUT2D eigenvalue weighted by Gasteiger charge is 2.16. The summed E-state index contributed by atoms with van der Waals surface area (Å²) in [6.45, 7) is 0. The van der Waals surface area contributed by atoms with Gasteiger partial charge in [0, 0.05) is 25.2 Å². The van der Waals surface area contributed by atoms with Crippen LogP contribution in [0.1, 0.15) is 20.8 Å². The minimum absolute atomic E-state index is 0.0504. The molecule has 0 atom stereocenters. The molecular weight excluding hydrogens is 246 g/mol. The summed E-state index contributed by atoms with van der Waals surface area (Å²) in [5.41, 5.74) is 6.70. The summed E-state index contributed by atoms with van der Waals surface area (Å²) in [6, 6.07) is 6.78. The first-order valence-corrected chi connectivity index (χ1v) is 5.53. The van der Waals surface area contributed by atoms with Crippen LogP contribution in [0.4, 0.5) is 0 Å². The van der Waals surface area contributed by atoms with Crippen LogP contribution in [0.2, 0.25) is 0 Å². The van der Waals surface area contributed by atoms with Crippen molar-refractivity contribution in [3.05, 3.63) is 35.5 Å². The molecule has 1 heterocycles. The Morgan fingerprint density at radius 1 is 1.26 bits per heavy atom. The fraction of sp³-hybridized carbons (Fsp3) is 0.167. The third kappa shape index (κ3) is 2.44. The molecule has 0 unspecified atom stereocenters. The number of hydrogen-bond donors (Lipinski definition) is 2. The summed E-state index contributed by atoms with van der Waals surface area (Å²) in [5.74, 6) is -0.806. The topological polar surface area (TPSA) is 105 Å². The first kappa shape index (κ1) is 12.7. The van der Waals surface area contributed by atoms with Crippen LogP contribution in [0.3, 0.4) is 0 Å². The molecule has 98 valence electrons. The SMILES string of the molecule is CN(C)C(=O)c1cccc(-c2n[nH]nc2C(N)=O)c1. The Balaban J connectivity index is 2.46. The number of primary amides is 1. The van der Waals surface area contributed by atoms with Crippen molar-refractivity contribution in [2.24, 2.45) is 5.73 Å². The number of rotatable bonds is 3. The molecule has 2 aromatic rings. The van der Waals surface area contributed by atoms with Crippen LogP contribution in [-0.2, 0) is 0 Å². The van der Waals surface area contributed by atoms with Gasteiger partial charge in [-0.2, -0.15) is 15.4 Å². The second kappa shape index (κ2) is 4.89. The van der Waals surface area contributed by atoms with Gasteiger partial charge in [0.15, 0.2) is 5.69 Å². The number of benzene rings is 1. The molecule has 2 amide bonds. The molecule has 1 aromatic heterocycles. The number of aromatic amines is 1. The van der Waals surface area contributed by atoms with Gasteiger partial charge < -0.3 is 10.6 Å². The summed E-state index contributed by atoms with van der Waals surface area (Å²) in [5, 5.41) is 9.94. The van der Waals surface area contributed by atoms with Crippen molar-refractivity contribution in [1.82, 2.24) is 20.3 Å². The molecule has 7 nitrogen and oxygen atoms in total. The van der Waals surface area contributed by atoms with Gasteiger partial charge in [-0.25, -0.2) is 0 Å². The van der Waals surface area contributed by atoms with Crippen molar-refractivity contribution in [1.29, 1.82) is 0 Å². The maximum atomic E-state index is 11.9. The number of nitrogens with zero attached hydrogens (tertiary/aromatic N) is 3. The molecule has 0 spiro atoms. The van der Waals surface area contributed by atoms with Crippen LogP contribution < -0.4 is 5.73 Å². The maximum Gasteiger partial charge on any atom is 0.271 e. The lowest BCUT2D eigenvalue weighted by Gasteiger charge is -2.10. The lowest BCUT2D eigenvalue weighted by Crippen LogP contribution is -2.21. The van der Waals surface area contributed by atoms with Crippen LogP contribution in [0.5, 0.6) is 0 Å². The Bertz CT molecular complexity index is 633. The number of aromatic nitrogens is 3. The van der Waals surface area contributed by atoms with Crippen molar-refractivity contribution < 1.29 is 9.59 Å². The second-order valence-electron chi connectivity index (χ2n) is 4.17. The average Bonchev–Trinajstić information content (AvgIpc) is 2.87. The zero-order valence-electron chi connectivity index (χ0n) is 10.5. The van der Waals surface area contributed by atoms with E-state index in [9.17, 15) is 9.59 Å². The van der Waals surface area contributed by atoms with E-state index < -0.39 is 5.91 Å². The molecule has 19 heavy (non-hydrogen) atoms. The molecule has 1 aromatic carbocycles. The quantitative estimate of drug-likeness (QED) is 0.825. The second-order valence-corrected chi connectivity index (χ2v) is 4.17. The van der Waals surface area contributed by atoms with E-state index in [1.165, 1.54) is 4.90 Å². The Labute approximate surface area is 109 Å². The van der Waals surface area contributed by atoms with Gasteiger partial charge in [0.05, 0.1) is 0 Å². The number of carbonyl (C=O) groups excluding carboxylic acids is 2. The lowest BCUT2D eigenvalue weighted by atomic mass is 10.1. The number of hydrogen-bond acceptors (Lipinski definition) is 4. The smallest absolute Gasteiger partial charge is 0.271 e. The number of amides is 2. The zero-order valence-corrected chi connectivity index (χ0v) is 10.5. The van der Waals surface area contributed by atoms with E-state index in [2.05, 4.69) is 15.4 Å². The molecule has 0 fully saturated rings. The maximum absolute atomic E-state index is 11.9. The van der Waals surface area contributed by atoms with E-state index >= 15 is 0 Å².